The van der Waals surface area contributed by atoms with Gasteiger partial charge in [-0.3, -0.25) is 0 Å². The van der Waals surface area contributed by atoms with Gasteiger partial charge >= 0.3 is 0 Å². The van der Waals surface area contributed by atoms with Crippen molar-refractivity contribution >= 4 is 11.9 Å². The van der Waals surface area contributed by atoms with Crippen LogP contribution in [-0.2, 0) is 0 Å². The van der Waals surface area contributed by atoms with Crippen molar-refractivity contribution in [1.29, 1.82) is 0 Å². The topological polar surface area (TPSA) is 76.7 Å². The first-order valence-corrected chi connectivity index (χ1v) is 8.81. The molecule has 0 bridgehead atoms. The molecule has 1 aromatic rings. The van der Waals surface area contributed by atoms with E-state index in [0.29, 0.717) is 11.9 Å². The molecule has 1 heterocycles. The van der Waals surface area contributed by atoms with Gasteiger partial charge in [0, 0.05) is 11.6 Å². The molecule has 0 atom stereocenters. The number of allylic oxidation sites excluding steroid dienone is 7. The number of rotatable bonds is 3. The molecule has 3 N–H and O–H groups in total. The van der Waals surface area contributed by atoms with E-state index in [-0.39, 0.29) is 5.95 Å². The summed E-state index contributed by atoms with van der Waals surface area (Å²) in [5, 5.41) is 3.24. The average Bonchev–Trinajstić information content (AvgIpc) is 2.49. The summed E-state index contributed by atoms with van der Waals surface area (Å²) in [5.74, 6) is 2.03. The summed E-state index contributed by atoms with van der Waals surface area (Å²) >= 11 is 0. The molecule has 24 heavy (non-hydrogen) atoms. The summed E-state index contributed by atoms with van der Waals surface area (Å²) in [5.41, 5.74) is 6.85. The lowest BCUT2D eigenvalue weighted by Gasteiger charge is -2.19. The Bertz CT molecular complexity index is 664. The summed E-state index contributed by atoms with van der Waals surface area (Å²) in [6.07, 6.45) is 22.6. The van der Waals surface area contributed by atoms with Crippen LogP contribution in [0.4, 0.5) is 11.9 Å². The van der Waals surface area contributed by atoms with Gasteiger partial charge in [0.15, 0.2) is 0 Å². The molecule has 0 amide bonds. The molecule has 0 saturated heterocycles. The van der Waals surface area contributed by atoms with Gasteiger partial charge in [-0.2, -0.15) is 15.0 Å². The van der Waals surface area contributed by atoms with Crippen molar-refractivity contribution in [2.24, 2.45) is 0 Å². The maximum absolute atomic E-state index is 5.93. The number of aromatic nitrogens is 3. The molecule has 2 aliphatic rings. The second-order valence-corrected chi connectivity index (χ2v) is 6.29. The summed E-state index contributed by atoms with van der Waals surface area (Å²) < 4.78 is 0. The predicted octanol–water partition coefficient (Wildman–Crippen LogP) is 4.26. The van der Waals surface area contributed by atoms with Gasteiger partial charge in [0.05, 0.1) is 0 Å². The van der Waals surface area contributed by atoms with Crippen LogP contribution in [0.1, 0.15) is 56.7 Å². The van der Waals surface area contributed by atoms with Crippen LogP contribution in [-0.4, -0.2) is 15.0 Å². The molecule has 126 valence electrons. The van der Waals surface area contributed by atoms with Gasteiger partial charge in [0.1, 0.15) is 5.82 Å². The number of hydrogen-bond donors (Lipinski definition) is 2. The monoisotopic (exact) mass is 323 g/mol. The molecule has 0 aliphatic heterocycles. The Labute approximate surface area is 143 Å². The normalized spacial score (nSPS) is 25.2. The number of anilines is 2. The Morgan fingerprint density at radius 2 is 1.54 bits per heavy atom. The zero-order chi connectivity index (χ0) is 16.6. The number of nitrogen functional groups attached to an aromatic ring is 1. The fourth-order valence-corrected chi connectivity index (χ4v) is 3.14. The van der Waals surface area contributed by atoms with Gasteiger partial charge < -0.3 is 11.1 Å². The van der Waals surface area contributed by atoms with E-state index < -0.39 is 0 Å². The fourth-order valence-electron chi connectivity index (χ4n) is 3.14. The molecule has 2 aliphatic carbocycles. The van der Waals surface area contributed by atoms with Crippen molar-refractivity contribution in [2.75, 3.05) is 11.1 Å². The van der Waals surface area contributed by atoms with E-state index in [1.54, 1.807) is 0 Å². The van der Waals surface area contributed by atoms with Crippen molar-refractivity contribution < 1.29 is 0 Å². The Hall–Kier alpha value is -2.43. The highest BCUT2D eigenvalue weighted by Gasteiger charge is 2.18. The Morgan fingerprint density at radius 1 is 0.833 bits per heavy atom. The third-order valence-electron chi connectivity index (χ3n) is 4.39. The van der Waals surface area contributed by atoms with E-state index in [1.165, 1.54) is 32.1 Å². The number of nitrogens with zero attached hydrogens (tertiary/aromatic N) is 3. The van der Waals surface area contributed by atoms with Gasteiger partial charge in [-0.25, -0.2) is 0 Å². The molecule has 3 rings (SSSR count). The van der Waals surface area contributed by atoms with Crippen LogP contribution < -0.4 is 11.1 Å². The van der Waals surface area contributed by atoms with Crippen molar-refractivity contribution in [3.63, 3.8) is 0 Å². The van der Waals surface area contributed by atoms with Gasteiger partial charge in [0.2, 0.25) is 11.9 Å². The molecule has 0 spiro atoms. The summed E-state index contributed by atoms with van der Waals surface area (Å²) in [6, 6.07) is 0. The van der Waals surface area contributed by atoms with Gasteiger partial charge in [-0.1, -0.05) is 62.5 Å². The number of hydrogen-bond acceptors (Lipinski definition) is 5. The molecule has 5 nitrogen and oxygen atoms in total. The molecule has 0 unspecified atom stereocenters. The van der Waals surface area contributed by atoms with E-state index in [2.05, 4.69) is 20.3 Å². The lowest BCUT2D eigenvalue weighted by Crippen LogP contribution is -2.13. The van der Waals surface area contributed by atoms with Crippen LogP contribution in [0.25, 0.3) is 0 Å². The van der Waals surface area contributed by atoms with Crippen LogP contribution in [0.15, 0.2) is 48.2 Å². The minimum absolute atomic E-state index is 0.287. The number of nitrogens with one attached hydrogen (secondary N) is 1. The van der Waals surface area contributed by atoms with Crippen LogP contribution in [0, 0.1) is 0 Å². The lowest BCUT2D eigenvalue weighted by molar-refractivity contribution is 0.442. The maximum atomic E-state index is 5.93. The van der Waals surface area contributed by atoms with E-state index in [1.807, 2.05) is 42.5 Å². The largest absolute Gasteiger partial charge is 0.368 e. The Kier molecular flexibility index (Phi) is 5.77. The zero-order valence-corrected chi connectivity index (χ0v) is 14.0. The molecule has 0 aromatic carbocycles. The minimum Gasteiger partial charge on any atom is -0.368 e. The quantitative estimate of drug-likeness (QED) is 0.869. The molecule has 5 heteroatoms. The molecular weight excluding hydrogens is 298 g/mol. The van der Waals surface area contributed by atoms with Crippen LogP contribution in [0.2, 0.25) is 0 Å². The maximum Gasteiger partial charge on any atom is 0.232 e. The molecule has 1 saturated carbocycles. The van der Waals surface area contributed by atoms with E-state index in [4.69, 9.17) is 5.73 Å². The first-order chi connectivity index (χ1) is 11.8. The van der Waals surface area contributed by atoms with Crippen molar-refractivity contribution in [1.82, 2.24) is 15.0 Å². The van der Waals surface area contributed by atoms with Gasteiger partial charge in [-0.15, -0.1) is 0 Å². The van der Waals surface area contributed by atoms with Crippen LogP contribution in [0.3, 0.4) is 0 Å². The average molecular weight is 323 g/mol. The second kappa shape index (κ2) is 8.43. The standard InChI is InChI=1S/C19H25N5/c20-18-22-17(15-11-7-3-1-4-8-12-15)23-19(24-18)21-16-13-9-5-2-6-10-14-16/h2,5-6,9-10,13-15H,1,3-4,7-8,11-12H2,(H3,20,21,22,23,24)/b5-2-,6-2?,9-5?,10-6-,13-9-,14-10?,16-13?,16-14+. The van der Waals surface area contributed by atoms with Crippen LogP contribution >= 0.6 is 0 Å². The predicted molar refractivity (Wildman–Crippen MR) is 98.4 cm³/mol. The third-order valence-corrected chi connectivity index (χ3v) is 4.39. The summed E-state index contributed by atoms with van der Waals surface area (Å²) in [4.78, 5) is 13.3. The first kappa shape index (κ1) is 16.4. The number of nitrogens with two attached hydrogens (primary N) is 1. The van der Waals surface area contributed by atoms with E-state index in [0.717, 1.165) is 24.4 Å². The van der Waals surface area contributed by atoms with Crippen molar-refractivity contribution in [2.45, 2.75) is 50.9 Å². The first-order valence-electron chi connectivity index (χ1n) is 8.81. The zero-order valence-electron chi connectivity index (χ0n) is 14.0. The SMILES string of the molecule is Nc1nc(NC2=C/C=C\C=C/C=C\2)nc(C2CCCCCCC2)n1. The highest BCUT2D eigenvalue weighted by Crippen LogP contribution is 2.29. The minimum atomic E-state index is 0.287. The highest BCUT2D eigenvalue weighted by atomic mass is 15.2. The molecule has 0 radical (unpaired) electrons. The highest BCUT2D eigenvalue weighted by molar-refractivity contribution is 5.45. The third kappa shape index (κ3) is 4.78. The Balaban J connectivity index is 1.77. The smallest absolute Gasteiger partial charge is 0.232 e. The molecular formula is C19H25N5. The molecule has 1 aromatic heterocycles. The summed E-state index contributed by atoms with van der Waals surface area (Å²) in [7, 11) is 0. The van der Waals surface area contributed by atoms with Gasteiger partial charge in [-0.05, 0) is 25.0 Å². The molecule has 1 fully saturated rings. The second-order valence-electron chi connectivity index (χ2n) is 6.29. The summed E-state index contributed by atoms with van der Waals surface area (Å²) in [6.45, 7) is 0. The lowest BCUT2D eigenvalue weighted by atomic mass is 9.90. The van der Waals surface area contributed by atoms with E-state index in [9.17, 15) is 0 Å². The van der Waals surface area contributed by atoms with Gasteiger partial charge in [0.25, 0.3) is 0 Å². The van der Waals surface area contributed by atoms with Crippen molar-refractivity contribution in [3.05, 3.63) is 54.1 Å². The fraction of sp³-hybridized carbons (Fsp3) is 0.421. The van der Waals surface area contributed by atoms with Crippen LogP contribution in [0.5, 0.6) is 0 Å². The Morgan fingerprint density at radius 3 is 2.38 bits per heavy atom. The van der Waals surface area contributed by atoms with E-state index >= 15 is 0 Å². The van der Waals surface area contributed by atoms with Crippen molar-refractivity contribution in [3.8, 4) is 0 Å².